The number of methoxy groups -OCH3 is 1. The number of benzene rings is 1. The van der Waals surface area contributed by atoms with Crippen LogP contribution in [-0.2, 0) is 11.3 Å². The molecule has 1 aromatic carbocycles. The molecule has 1 aliphatic rings. The van der Waals surface area contributed by atoms with E-state index in [-0.39, 0.29) is 18.0 Å². The Hall–Kier alpha value is -2.15. The highest BCUT2D eigenvalue weighted by atomic mass is 35.5. The van der Waals surface area contributed by atoms with Crippen LogP contribution in [-0.4, -0.2) is 24.0 Å². The molecule has 1 fully saturated rings. The van der Waals surface area contributed by atoms with E-state index in [4.69, 9.17) is 16.3 Å². The summed E-state index contributed by atoms with van der Waals surface area (Å²) in [6.07, 6.45) is 2.32. The van der Waals surface area contributed by atoms with Crippen LogP contribution >= 0.6 is 11.6 Å². The van der Waals surface area contributed by atoms with Gasteiger partial charge in [0, 0.05) is 29.9 Å². The summed E-state index contributed by atoms with van der Waals surface area (Å²) in [6, 6.07) is 11.0. The Morgan fingerprint density at radius 3 is 2.88 bits per heavy atom. The predicted molar refractivity (Wildman–Crippen MR) is 91.5 cm³/mol. The lowest BCUT2D eigenvalue weighted by Crippen LogP contribution is -2.42. The van der Waals surface area contributed by atoms with Crippen molar-refractivity contribution in [3.05, 3.63) is 58.7 Å². The number of hydrogen-bond donors (Lipinski definition) is 3. The molecule has 24 heavy (non-hydrogen) atoms. The van der Waals surface area contributed by atoms with Gasteiger partial charge in [0.25, 0.3) is 0 Å². The highest BCUT2D eigenvalue weighted by molar-refractivity contribution is 6.31. The molecule has 7 heteroatoms. The predicted octanol–water partition coefficient (Wildman–Crippen LogP) is 1.97. The molecule has 126 valence electrons. The van der Waals surface area contributed by atoms with Crippen LogP contribution in [0.4, 0.5) is 0 Å². The second-order valence-electron chi connectivity index (χ2n) is 5.58. The number of hydrazine groups is 1. The molecule has 1 aliphatic heterocycles. The molecule has 0 spiro atoms. The molecule has 3 rings (SSSR count). The van der Waals surface area contributed by atoms with Crippen molar-refractivity contribution in [1.82, 2.24) is 21.2 Å². The van der Waals surface area contributed by atoms with Crippen molar-refractivity contribution in [2.45, 2.75) is 25.0 Å². The van der Waals surface area contributed by atoms with E-state index in [2.05, 4.69) is 21.2 Å². The molecule has 3 N–H and O–H groups in total. The number of carbonyl (C=O) groups is 1. The fraction of sp³-hybridized carbons (Fsp3) is 0.294. The van der Waals surface area contributed by atoms with Gasteiger partial charge in [0.15, 0.2) is 0 Å². The van der Waals surface area contributed by atoms with Gasteiger partial charge in [0.05, 0.1) is 7.11 Å². The van der Waals surface area contributed by atoms with Gasteiger partial charge >= 0.3 is 0 Å². The number of amides is 1. The van der Waals surface area contributed by atoms with Gasteiger partial charge in [0.2, 0.25) is 11.8 Å². The zero-order chi connectivity index (χ0) is 16.9. The Kier molecular flexibility index (Phi) is 5.30. The van der Waals surface area contributed by atoms with Gasteiger partial charge in [-0.1, -0.05) is 35.9 Å². The summed E-state index contributed by atoms with van der Waals surface area (Å²) in [5, 5.41) is 3.61. The van der Waals surface area contributed by atoms with Crippen molar-refractivity contribution >= 4 is 17.5 Å². The van der Waals surface area contributed by atoms with Gasteiger partial charge in [-0.25, -0.2) is 15.8 Å². The Morgan fingerprint density at radius 2 is 2.17 bits per heavy atom. The lowest BCUT2D eigenvalue weighted by atomic mass is 10.0. The summed E-state index contributed by atoms with van der Waals surface area (Å²) in [5.41, 5.74) is 8.07. The molecule has 1 saturated heterocycles. The zero-order valence-corrected chi connectivity index (χ0v) is 14.0. The molecule has 1 amide bonds. The van der Waals surface area contributed by atoms with E-state index >= 15 is 0 Å². The number of carbonyl (C=O) groups excluding carboxylic acids is 1. The second kappa shape index (κ2) is 7.61. The minimum absolute atomic E-state index is 0.0112. The maximum Gasteiger partial charge on any atom is 0.238 e. The van der Waals surface area contributed by atoms with E-state index < -0.39 is 0 Å². The van der Waals surface area contributed by atoms with Crippen molar-refractivity contribution < 1.29 is 9.53 Å². The Balaban J connectivity index is 1.53. The van der Waals surface area contributed by atoms with Crippen LogP contribution in [0.5, 0.6) is 5.88 Å². The van der Waals surface area contributed by atoms with Crippen molar-refractivity contribution in [3.8, 4) is 5.88 Å². The first kappa shape index (κ1) is 16.7. The Morgan fingerprint density at radius 1 is 1.33 bits per heavy atom. The summed E-state index contributed by atoms with van der Waals surface area (Å²) in [4.78, 5) is 16.4. The van der Waals surface area contributed by atoms with Crippen LogP contribution in [0.15, 0.2) is 42.6 Å². The Bertz CT molecular complexity index is 708. The van der Waals surface area contributed by atoms with Gasteiger partial charge < -0.3 is 10.1 Å². The van der Waals surface area contributed by atoms with Crippen LogP contribution in [0.25, 0.3) is 0 Å². The highest BCUT2D eigenvalue weighted by Gasteiger charge is 2.30. The standard InChI is InChI=1S/C17H19ClN4O2/c1-24-16-7-6-11(9-19-16)10-20-17(23)15-8-14(21-22-15)12-4-2-3-5-13(12)18/h2-7,9,14-15,21-22H,8,10H2,1H3,(H,20,23). The summed E-state index contributed by atoms with van der Waals surface area (Å²) in [7, 11) is 1.57. The first-order chi connectivity index (χ1) is 11.7. The number of hydrogen-bond acceptors (Lipinski definition) is 5. The van der Waals surface area contributed by atoms with E-state index in [1.165, 1.54) is 0 Å². The zero-order valence-electron chi connectivity index (χ0n) is 13.3. The first-order valence-corrected chi connectivity index (χ1v) is 8.07. The number of nitrogens with one attached hydrogen (secondary N) is 3. The molecule has 2 aromatic rings. The van der Waals surface area contributed by atoms with Crippen LogP contribution < -0.4 is 20.9 Å². The smallest absolute Gasteiger partial charge is 0.238 e. The third-order valence-electron chi connectivity index (χ3n) is 3.97. The SMILES string of the molecule is COc1ccc(CNC(=O)C2CC(c3ccccc3Cl)NN2)cn1. The average molecular weight is 347 g/mol. The molecule has 0 bridgehead atoms. The molecule has 2 unspecified atom stereocenters. The van der Waals surface area contributed by atoms with Crippen LogP contribution in [0, 0.1) is 0 Å². The molecule has 6 nitrogen and oxygen atoms in total. The number of nitrogens with zero attached hydrogens (tertiary/aromatic N) is 1. The monoisotopic (exact) mass is 346 g/mol. The molecule has 2 heterocycles. The quantitative estimate of drug-likeness (QED) is 0.771. The average Bonchev–Trinajstić information content (AvgIpc) is 3.10. The normalized spacial score (nSPS) is 19.9. The Labute approximate surface area is 145 Å². The van der Waals surface area contributed by atoms with Crippen molar-refractivity contribution in [2.75, 3.05) is 7.11 Å². The molecule has 0 saturated carbocycles. The molecule has 1 aromatic heterocycles. The van der Waals surface area contributed by atoms with E-state index in [1.54, 1.807) is 19.4 Å². The summed E-state index contributed by atoms with van der Waals surface area (Å²) >= 11 is 6.21. The number of aromatic nitrogens is 1. The van der Waals surface area contributed by atoms with E-state index in [0.29, 0.717) is 23.9 Å². The van der Waals surface area contributed by atoms with Crippen LogP contribution in [0.1, 0.15) is 23.6 Å². The number of ether oxygens (including phenoxy) is 1. The summed E-state index contributed by atoms with van der Waals surface area (Å²) in [6.45, 7) is 0.421. The van der Waals surface area contributed by atoms with Gasteiger partial charge in [-0.05, 0) is 23.6 Å². The van der Waals surface area contributed by atoms with E-state index in [0.717, 1.165) is 11.1 Å². The van der Waals surface area contributed by atoms with Crippen LogP contribution in [0.3, 0.4) is 0 Å². The molecule has 0 aliphatic carbocycles. The molecular formula is C17H19ClN4O2. The lowest BCUT2D eigenvalue weighted by molar-refractivity contribution is -0.123. The fourth-order valence-electron chi connectivity index (χ4n) is 2.64. The van der Waals surface area contributed by atoms with Crippen LogP contribution in [0.2, 0.25) is 5.02 Å². The number of rotatable bonds is 5. The highest BCUT2D eigenvalue weighted by Crippen LogP contribution is 2.28. The third-order valence-corrected chi connectivity index (χ3v) is 4.32. The summed E-state index contributed by atoms with van der Waals surface area (Å²) < 4.78 is 5.01. The third kappa shape index (κ3) is 3.84. The topological polar surface area (TPSA) is 75.3 Å². The van der Waals surface area contributed by atoms with Crippen molar-refractivity contribution in [2.24, 2.45) is 0 Å². The first-order valence-electron chi connectivity index (χ1n) is 7.69. The largest absolute Gasteiger partial charge is 0.481 e. The summed E-state index contributed by atoms with van der Waals surface area (Å²) in [5.74, 6) is 0.488. The molecule has 0 radical (unpaired) electrons. The van der Waals surface area contributed by atoms with Gasteiger partial charge in [0.1, 0.15) is 6.04 Å². The maximum absolute atomic E-state index is 12.3. The number of pyridine rings is 1. The lowest BCUT2D eigenvalue weighted by Gasteiger charge is -2.12. The van der Waals surface area contributed by atoms with E-state index in [9.17, 15) is 4.79 Å². The number of halogens is 1. The second-order valence-corrected chi connectivity index (χ2v) is 5.98. The van der Waals surface area contributed by atoms with Gasteiger partial charge in [-0.15, -0.1) is 0 Å². The minimum atomic E-state index is -0.308. The van der Waals surface area contributed by atoms with Gasteiger partial charge in [-0.3, -0.25) is 4.79 Å². The van der Waals surface area contributed by atoms with Crippen molar-refractivity contribution in [3.63, 3.8) is 0 Å². The molecular weight excluding hydrogens is 328 g/mol. The maximum atomic E-state index is 12.3. The van der Waals surface area contributed by atoms with Crippen molar-refractivity contribution in [1.29, 1.82) is 0 Å². The molecule has 2 atom stereocenters. The van der Waals surface area contributed by atoms with E-state index in [1.807, 2.05) is 30.3 Å². The fourth-order valence-corrected chi connectivity index (χ4v) is 2.91. The minimum Gasteiger partial charge on any atom is -0.481 e. The van der Waals surface area contributed by atoms with Gasteiger partial charge in [-0.2, -0.15) is 0 Å².